The molecule has 0 spiro atoms. The highest BCUT2D eigenvalue weighted by Gasteiger charge is 2.08. The van der Waals surface area contributed by atoms with Crippen LogP contribution in [0.5, 0.6) is 11.5 Å². The highest BCUT2D eigenvalue weighted by atomic mass is 19.1. The quantitative estimate of drug-likeness (QED) is 0.678. The molecule has 2 N–H and O–H groups in total. The third-order valence-electron chi connectivity index (χ3n) is 2.51. The van der Waals surface area contributed by atoms with E-state index in [9.17, 15) is 14.5 Å². The van der Waals surface area contributed by atoms with Crippen molar-refractivity contribution in [1.29, 1.82) is 0 Å². The van der Waals surface area contributed by atoms with E-state index < -0.39 is 10.7 Å². The summed E-state index contributed by atoms with van der Waals surface area (Å²) in [6, 6.07) is 9.83. The first-order valence-corrected chi connectivity index (χ1v) is 5.51. The number of rotatable bonds is 4. The lowest BCUT2D eigenvalue weighted by Gasteiger charge is -2.07. The molecule has 6 heteroatoms. The number of halogens is 1. The van der Waals surface area contributed by atoms with Crippen LogP contribution in [0.4, 0.5) is 10.1 Å². The van der Waals surface area contributed by atoms with Gasteiger partial charge in [-0.05, 0) is 29.8 Å². The second kappa shape index (κ2) is 5.45. The molecule has 19 heavy (non-hydrogen) atoms. The minimum atomic E-state index is -0.527. The van der Waals surface area contributed by atoms with Gasteiger partial charge in [0.15, 0.2) is 11.6 Å². The van der Waals surface area contributed by atoms with Crippen LogP contribution in [-0.2, 0) is 6.54 Å². The molecule has 0 radical (unpaired) electrons. The number of non-ortho nitro benzene ring substituents is 1. The molecule has 98 valence electrons. The molecule has 0 saturated carbocycles. The lowest BCUT2D eigenvalue weighted by Crippen LogP contribution is -1.97. The van der Waals surface area contributed by atoms with E-state index in [0.29, 0.717) is 11.3 Å². The number of nitro benzene ring substituents is 1. The maximum Gasteiger partial charge on any atom is 0.269 e. The minimum absolute atomic E-state index is 0.0473. The van der Waals surface area contributed by atoms with E-state index in [2.05, 4.69) is 0 Å². The van der Waals surface area contributed by atoms with Crippen molar-refractivity contribution in [3.63, 3.8) is 0 Å². The van der Waals surface area contributed by atoms with Gasteiger partial charge in [0.25, 0.3) is 5.69 Å². The Balaban J connectivity index is 2.19. The fourth-order valence-corrected chi connectivity index (χ4v) is 1.52. The molecule has 5 nitrogen and oxygen atoms in total. The summed E-state index contributed by atoms with van der Waals surface area (Å²) in [6.45, 7) is 0.245. The Morgan fingerprint density at radius 3 is 2.42 bits per heavy atom. The molecule has 0 aromatic heterocycles. The summed E-state index contributed by atoms with van der Waals surface area (Å²) in [5.41, 5.74) is 6.01. The van der Waals surface area contributed by atoms with E-state index in [0.717, 1.165) is 0 Å². The third-order valence-corrected chi connectivity index (χ3v) is 2.51. The summed E-state index contributed by atoms with van der Waals surface area (Å²) in [5.74, 6) is -0.155. The number of nitrogens with zero attached hydrogens (tertiary/aromatic N) is 1. The van der Waals surface area contributed by atoms with E-state index >= 15 is 0 Å². The van der Waals surface area contributed by atoms with Gasteiger partial charge in [-0.25, -0.2) is 4.39 Å². The maximum atomic E-state index is 13.6. The van der Waals surface area contributed by atoms with Gasteiger partial charge in [0.05, 0.1) is 4.92 Å². The Hall–Kier alpha value is -2.47. The van der Waals surface area contributed by atoms with Gasteiger partial charge in [-0.1, -0.05) is 6.07 Å². The predicted octanol–water partition coefficient (Wildman–Crippen LogP) is 2.98. The van der Waals surface area contributed by atoms with Crippen LogP contribution in [-0.4, -0.2) is 4.92 Å². The Labute approximate surface area is 108 Å². The van der Waals surface area contributed by atoms with E-state index in [1.165, 1.54) is 36.4 Å². The van der Waals surface area contributed by atoms with Gasteiger partial charge >= 0.3 is 0 Å². The molecule has 0 amide bonds. The molecular weight excluding hydrogens is 251 g/mol. The topological polar surface area (TPSA) is 78.4 Å². The highest BCUT2D eigenvalue weighted by molar-refractivity contribution is 5.39. The average Bonchev–Trinajstić information content (AvgIpc) is 2.41. The van der Waals surface area contributed by atoms with Crippen LogP contribution in [0.2, 0.25) is 0 Å². The summed E-state index contributed by atoms with van der Waals surface area (Å²) in [7, 11) is 0. The van der Waals surface area contributed by atoms with Gasteiger partial charge in [-0.2, -0.15) is 0 Å². The van der Waals surface area contributed by atoms with Crippen molar-refractivity contribution < 1.29 is 14.1 Å². The molecule has 0 bridgehead atoms. The van der Waals surface area contributed by atoms with Crippen molar-refractivity contribution in [2.24, 2.45) is 5.73 Å². The van der Waals surface area contributed by atoms with Crippen molar-refractivity contribution in [1.82, 2.24) is 0 Å². The van der Waals surface area contributed by atoms with Crippen LogP contribution >= 0.6 is 0 Å². The van der Waals surface area contributed by atoms with E-state index in [4.69, 9.17) is 10.5 Å². The number of hydrogen-bond acceptors (Lipinski definition) is 4. The number of ether oxygens (including phenoxy) is 1. The molecule has 0 heterocycles. The normalized spacial score (nSPS) is 10.2. The van der Waals surface area contributed by atoms with Gasteiger partial charge in [0.2, 0.25) is 0 Å². The number of benzene rings is 2. The largest absolute Gasteiger partial charge is 0.454 e. The molecule has 2 rings (SSSR count). The van der Waals surface area contributed by atoms with Crippen molar-refractivity contribution in [2.45, 2.75) is 6.54 Å². The van der Waals surface area contributed by atoms with Crippen LogP contribution in [0.15, 0.2) is 42.5 Å². The van der Waals surface area contributed by atoms with Crippen molar-refractivity contribution in [3.05, 3.63) is 64.0 Å². The molecule has 0 atom stereocenters. The molecule has 0 aliphatic rings. The van der Waals surface area contributed by atoms with E-state index in [-0.39, 0.29) is 18.0 Å². The standard InChI is InChI=1S/C13H11FN2O3/c14-12-7-9(8-15)1-6-13(12)19-11-4-2-10(3-5-11)16(17)18/h1-7H,8,15H2. The first kappa shape index (κ1) is 13.0. The zero-order valence-electron chi connectivity index (χ0n) is 9.88. The third kappa shape index (κ3) is 3.05. The molecule has 0 fully saturated rings. The summed E-state index contributed by atoms with van der Waals surface area (Å²) < 4.78 is 18.9. The number of nitrogens with two attached hydrogens (primary N) is 1. The summed E-state index contributed by atoms with van der Waals surface area (Å²) >= 11 is 0. The van der Waals surface area contributed by atoms with E-state index in [1.54, 1.807) is 6.07 Å². The maximum absolute atomic E-state index is 13.6. The number of nitro groups is 1. The summed E-state index contributed by atoms with van der Waals surface area (Å²) in [5, 5.41) is 10.5. The van der Waals surface area contributed by atoms with Gasteiger partial charge < -0.3 is 10.5 Å². The lowest BCUT2D eigenvalue weighted by atomic mass is 10.2. The van der Waals surface area contributed by atoms with Crippen molar-refractivity contribution >= 4 is 5.69 Å². The second-order valence-corrected chi connectivity index (χ2v) is 3.82. The van der Waals surface area contributed by atoms with Crippen molar-refractivity contribution in [2.75, 3.05) is 0 Å². The zero-order chi connectivity index (χ0) is 13.8. The monoisotopic (exact) mass is 262 g/mol. The molecule has 2 aromatic carbocycles. The van der Waals surface area contributed by atoms with E-state index in [1.807, 2.05) is 0 Å². The Morgan fingerprint density at radius 1 is 1.21 bits per heavy atom. The van der Waals surface area contributed by atoms with Crippen LogP contribution in [0, 0.1) is 15.9 Å². The SMILES string of the molecule is NCc1ccc(Oc2ccc([N+](=O)[O-])cc2)c(F)c1. The highest BCUT2D eigenvalue weighted by Crippen LogP contribution is 2.26. The molecule has 0 unspecified atom stereocenters. The summed E-state index contributed by atoms with van der Waals surface area (Å²) in [6.07, 6.45) is 0. The lowest BCUT2D eigenvalue weighted by molar-refractivity contribution is -0.384. The first-order valence-electron chi connectivity index (χ1n) is 5.51. The minimum Gasteiger partial charge on any atom is -0.454 e. The van der Waals surface area contributed by atoms with Gasteiger partial charge in [0.1, 0.15) is 5.75 Å². The molecule has 2 aromatic rings. The van der Waals surface area contributed by atoms with Gasteiger partial charge in [0, 0.05) is 18.7 Å². The van der Waals surface area contributed by atoms with Crippen LogP contribution in [0.1, 0.15) is 5.56 Å². The molecular formula is C13H11FN2O3. The molecule has 0 saturated heterocycles. The predicted molar refractivity (Wildman–Crippen MR) is 67.5 cm³/mol. The fourth-order valence-electron chi connectivity index (χ4n) is 1.52. The van der Waals surface area contributed by atoms with Gasteiger partial charge in [-0.15, -0.1) is 0 Å². The summed E-state index contributed by atoms with van der Waals surface area (Å²) in [4.78, 5) is 9.97. The van der Waals surface area contributed by atoms with Crippen LogP contribution in [0.25, 0.3) is 0 Å². The van der Waals surface area contributed by atoms with Crippen LogP contribution < -0.4 is 10.5 Å². The Morgan fingerprint density at radius 2 is 1.89 bits per heavy atom. The molecule has 0 aliphatic heterocycles. The molecule has 0 aliphatic carbocycles. The smallest absolute Gasteiger partial charge is 0.269 e. The van der Waals surface area contributed by atoms with Crippen molar-refractivity contribution in [3.8, 4) is 11.5 Å². The second-order valence-electron chi connectivity index (χ2n) is 3.82. The van der Waals surface area contributed by atoms with Crippen LogP contribution in [0.3, 0.4) is 0 Å². The fraction of sp³-hybridized carbons (Fsp3) is 0.0769. The average molecular weight is 262 g/mol. The Bertz CT molecular complexity index is 599. The van der Waals surface area contributed by atoms with Gasteiger partial charge in [-0.3, -0.25) is 10.1 Å². The first-order chi connectivity index (χ1) is 9.10. The zero-order valence-corrected chi connectivity index (χ0v) is 9.88. The number of hydrogen-bond donors (Lipinski definition) is 1. The Kier molecular flexibility index (Phi) is 3.72.